The van der Waals surface area contributed by atoms with Crippen LogP contribution in [0.1, 0.15) is 12.5 Å². The molecule has 142 valence electrons. The lowest BCUT2D eigenvalue weighted by Crippen LogP contribution is -2.39. The number of hydrogen-bond acceptors (Lipinski definition) is 5. The first-order chi connectivity index (χ1) is 12.9. The molecule has 0 unspecified atom stereocenters. The van der Waals surface area contributed by atoms with Crippen LogP contribution >= 0.6 is 0 Å². The molecule has 0 aromatic heterocycles. The molecule has 7 heteroatoms. The molecule has 0 aliphatic carbocycles. The zero-order valence-electron chi connectivity index (χ0n) is 15.4. The first-order valence-corrected chi connectivity index (χ1v) is 8.49. The minimum absolute atomic E-state index is 0.129. The molecule has 0 spiro atoms. The lowest BCUT2D eigenvalue weighted by atomic mass is 10.1. The molecule has 0 radical (unpaired) electrons. The van der Waals surface area contributed by atoms with E-state index in [0.29, 0.717) is 13.2 Å². The summed E-state index contributed by atoms with van der Waals surface area (Å²) in [5.41, 5.74) is 1.08. The molecule has 0 bridgehead atoms. The molecule has 0 fully saturated rings. The van der Waals surface area contributed by atoms with Crippen LogP contribution in [0.3, 0.4) is 0 Å². The predicted octanol–water partition coefficient (Wildman–Crippen LogP) is 3.62. The Kier molecular flexibility index (Phi) is 7.08. The lowest BCUT2D eigenvalue weighted by molar-refractivity contribution is -0.383. The average molecular weight is 369 g/mol. The molecule has 1 amide bonds. The van der Waals surface area contributed by atoms with Crippen molar-refractivity contribution < 1.29 is 14.5 Å². The predicted molar refractivity (Wildman–Crippen MR) is 105 cm³/mol. The number of hydrogen-bond donors (Lipinski definition) is 1. The van der Waals surface area contributed by atoms with E-state index < -0.39 is 11.0 Å². The maximum atomic E-state index is 12.5. The second-order valence-electron chi connectivity index (χ2n) is 6.10. The lowest BCUT2D eigenvalue weighted by Gasteiger charge is -2.24. The van der Waals surface area contributed by atoms with Gasteiger partial charge in [-0.15, -0.1) is 0 Å². The van der Waals surface area contributed by atoms with Crippen LogP contribution in [-0.2, 0) is 11.3 Å². The molecule has 27 heavy (non-hydrogen) atoms. The molecule has 2 aromatic rings. The maximum absolute atomic E-state index is 12.5. The number of benzene rings is 2. The third-order valence-electron chi connectivity index (χ3n) is 4.12. The Hall–Kier alpha value is -3.19. The first kappa shape index (κ1) is 20.1. The second kappa shape index (κ2) is 9.49. The Morgan fingerprint density at radius 2 is 1.96 bits per heavy atom. The van der Waals surface area contributed by atoms with E-state index in [2.05, 4.69) is 11.9 Å². The first-order valence-electron chi connectivity index (χ1n) is 8.49. The van der Waals surface area contributed by atoms with Crippen LogP contribution in [0.5, 0.6) is 5.75 Å². The van der Waals surface area contributed by atoms with Crippen molar-refractivity contribution in [3.63, 3.8) is 0 Å². The minimum Gasteiger partial charge on any atom is -0.490 e. The Balaban J connectivity index is 1.98. The molecular weight excluding hydrogens is 346 g/mol. The smallest absolute Gasteiger partial charge is 0.292 e. The van der Waals surface area contributed by atoms with Gasteiger partial charge >= 0.3 is 0 Å². The number of para-hydroxylation sites is 2. The average Bonchev–Trinajstić information content (AvgIpc) is 2.67. The Morgan fingerprint density at radius 3 is 2.59 bits per heavy atom. The Labute approximate surface area is 158 Å². The van der Waals surface area contributed by atoms with E-state index in [1.54, 1.807) is 25.1 Å². The Morgan fingerprint density at radius 1 is 1.30 bits per heavy atom. The highest BCUT2D eigenvalue weighted by molar-refractivity contribution is 5.96. The van der Waals surface area contributed by atoms with E-state index in [1.807, 2.05) is 36.2 Å². The third kappa shape index (κ3) is 5.65. The van der Waals surface area contributed by atoms with Gasteiger partial charge < -0.3 is 10.1 Å². The highest BCUT2D eigenvalue weighted by Gasteiger charge is 2.21. The highest BCUT2D eigenvalue weighted by Crippen LogP contribution is 2.23. The van der Waals surface area contributed by atoms with E-state index in [9.17, 15) is 14.9 Å². The van der Waals surface area contributed by atoms with Gasteiger partial charge in [0.1, 0.15) is 18.0 Å². The number of nitro groups is 1. The van der Waals surface area contributed by atoms with Crippen molar-refractivity contribution in [2.75, 3.05) is 19.0 Å². The van der Waals surface area contributed by atoms with Crippen LogP contribution in [0.2, 0.25) is 0 Å². The summed E-state index contributed by atoms with van der Waals surface area (Å²) < 4.78 is 5.45. The van der Waals surface area contributed by atoms with Crippen molar-refractivity contribution in [2.45, 2.75) is 19.5 Å². The summed E-state index contributed by atoms with van der Waals surface area (Å²) in [6.07, 6.45) is 1.68. The molecule has 2 aromatic carbocycles. The van der Waals surface area contributed by atoms with Crippen LogP contribution in [0.4, 0.5) is 11.4 Å². The van der Waals surface area contributed by atoms with Crippen LogP contribution in [0.15, 0.2) is 61.2 Å². The molecule has 1 N–H and O–H groups in total. The highest BCUT2D eigenvalue weighted by atomic mass is 16.6. The van der Waals surface area contributed by atoms with Gasteiger partial charge in [0, 0.05) is 12.6 Å². The third-order valence-corrected chi connectivity index (χ3v) is 4.12. The van der Waals surface area contributed by atoms with Gasteiger partial charge in [0.05, 0.1) is 11.0 Å². The Bertz CT molecular complexity index is 805. The molecule has 2 rings (SSSR count). The molecule has 0 heterocycles. The van der Waals surface area contributed by atoms with Crippen molar-refractivity contribution in [2.24, 2.45) is 0 Å². The van der Waals surface area contributed by atoms with Gasteiger partial charge in [-0.3, -0.25) is 19.8 Å². The number of likely N-dealkylation sites (N-methyl/N-ethyl adjacent to an activating group) is 1. The number of nitrogens with one attached hydrogen (secondary N) is 1. The number of nitro benzene ring substituents is 1. The monoisotopic (exact) mass is 369 g/mol. The normalized spacial score (nSPS) is 11.7. The van der Waals surface area contributed by atoms with Gasteiger partial charge in [-0.2, -0.15) is 0 Å². The van der Waals surface area contributed by atoms with Gasteiger partial charge in [0.25, 0.3) is 5.69 Å². The summed E-state index contributed by atoms with van der Waals surface area (Å²) in [6, 6.07) is 13.2. The molecule has 7 nitrogen and oxygen atoms in total. The number of ether oxygens (including phenoxy) is 1. The van der Waals surface area contributed by atoms with Gasteiger partial charge in [-0.25, -0.2) is 0 Å². The van der Waals surface area contributed by atoms with E-state index in [-0.39, 0.29) is 17.3 Å². The summed E-state index contributed by atoms with van der Waals surface area (Å²) in [5, 5.41) is 13.7. The fraction of sp³-hybridized carbons (Fsp3) is 0.250. The van der Waals surface area contributed by atoms with Gasteiger partial charge in [0.15, 0.2) is 0 Å². The van der Waals surface area contributed by atoms with Gasteiger partial charge in [-0.1, -0.05) is 36.9 Å². The summed E-state index contributed by atoms with van der Waals surface area (Å²) in [4.78, 5) is 24.9. The van der Waals surface area contributed by atoms with Crippen molar-refractivity contribution in [3.8, 4) is 5.75 Å². The molecular formula is C20H23N3O4. The van der Waals surface area contributed by atoms with E-state index >= 15 is 0 Å². The largest absolute Gasteiger partial charge is 0.490 e. The summed E-state index contributed by atoms with van der Waals surface area (Å²) in [5.74, 6) is 0.446. The summed E-state index contributed by atoms with van der Waals surface area (Å²) in [6.45, 7) is 6.36. The second-order valence-corrected chi connectivity index (χ2v) is 6.10. The molecule has 0 saturated heterocycles. The number of rotatable bonds is 9. The van der Waals surface area contributed by atoms with Gasteiger partial charge in [-0.05, 0) is 37.7 Å². The molecule has 1 atom stereocenters. The van der Waals surface area contributed by atoms with E-state index in [1.165, 1.54) is 12.1 Å². The quantitative estimate of drug-likeness (QED) is 0.415. The number of carbonyl (C=O) groups excluding carboxylic acids is 1. The zero-order valence-corrected chi connectivity index (χ0v) is 15.4. The van der Waals surface area contributed by atoms with E-state index in [0.717, 1.165) is 11.3 Å². The van der Waals surface area contributed by atoms with Crippen molar-refractivity contribution in [1.82, 2.24) is 4.90 Å². The fourth-order valence-electron chi connectivity index (χ4n) is 2.45. The SMILES string of the molecule is C=CCOc1ccc(CN(C)[C@H](C)C(=O)Nc2ccccc2[N+](=O)[O-])cc1. The van der Waals surface area contributed by atoms with E-state index in [4.69, 9.17) is 4.74 Å². The zero-order chi connectivity index (χ0) is 19.8. The van der Waals surface area contributed by atoms with Crippen LogP contribution < -0.4 is 10.1 Å². The molecule has 0 aliphatic heterocycles. The molecule has 0 saturated carbocycles. The number of anilines is 1. The fourth-order valence-corrected chi connectivity index (χ4v) is 2.45. The number of carbonyl (C=O) groups is 1. The minimum atomic E-state index is -0.514. The summed E-state index contributed by atoms with van der Waals surface area (Å²) >= 11 is 0. The van der Waals surface area contributed by atoms with Crippen molar-refractivity contribution in [1.29, 1.82) is 0 Å². The number of amides is 1. The topological polar surface area (TPSA) is 84.7 Å². The number of nitrogens with zero attached hydrogens (tertiary/aromatic N) is 2. The van der Waals surface area contributed by atoms with Crippen LogP contribution in [0.25, 0.3) is 0 Å². The standard InChI is InChI=1S/C20H23N3O4/c1-4-13-27-17-11-9-16(10-12-17)14-22(3)15(2)20(24)21-18-7-5-6-8-19(18)23(25)26/h4-12,15H,1,13-14H2,2-3H3,(H,21,24)/t15-/m1/s1. The van der Waals surface area contributed by atoms with Crippen molar-refractivity contribution >= 4 is 17.3 Å². The maximum Gasteiger partial charge on any atom is 0.292 e. The van der Waals surface area contributed by atoms with Crippen LogP contribution in [0, 0.1) is 10.1 Å². The van der Waals surface area contributed by atoms with Gasteiger partial charge in [0.2, 0.25) is 5.91 Å². The van der Waals surface area contributed by atoms with Crippen molar-refractivity contribution in [3.05, 3.63) is 76.9 Å². The summed E-state index contributed by atoms with van der Waals surface area (Å²) in [7, 11) is 1.83. The molecule has 0 aliphatic rings. The van der Waals surface area contributed by atoms with Crippen LogP contribution in [-0.4, -0.2) is 35.4 Å².